The summed E-state index contributed by atoms with van der Waals surface area (Å²) in [7, 11) is 0. The van der Waals surface area contributed by atoms with Gasteiger partial charge in [0.25, 0.3) is 0 Å². The zero-order chi connectivity index (χ0) is 16.9. The number of hydrogen-bond acceptors (Lipinski definition) is 4. The minimum absolute atomic E-state index is 0.0324. The lowest BCUT2D eigenvalue weighted by Crippen LogP contribution is -2.40. The topological polar surface area (TPSA) is 89.1 Å². The van der Waals surface area contributed by atoms with Gasteiger partial charge < -0.3 is 25.6 Å². The Morgan fingerprint density at radius 2 is 2.00 bits per heavy atom. The van der Waals surface area contributed by atoms with E-state index >= 15 is 0 Å². The molecule has 9 heteroatoms. The minimum atomic E-state index is -4.80. The molecule has 0 aliphatic carbocycles. The van der Waals surface area contributed by atoms with Crippen LogP contribution in [0, 0.1) is 0 Å². The molecule has 0 radical (unpaired) electrons. The molecule has 0 spiro atoms. The molecular weight excluding hydrogens is 315 g/mol. The predicted molar refractivity (Wildman–Crippen MR) is 78.2 cm³/mol. The van der Waals surface area contributed by atoms with Gasteiger partial charge >= 0.3 is 6.36 Å². The quantitative estimate of drug-likeness (QED) is 0.578. The Kier molecular flexibility index (Phi) is 5.32. The number of para-hydroxylation sites is 2. The van der Waals surface area contributed by atoms with E-state index in [-0.39, 0.29) is 18.2 Å². The van der Waals surface area contributed by atoms with E-state index in [9.17, 15) is 18.3 Å². The van der Waals surface area contributed by atoms with E-state index in [1.807, 2.05) is 0 Å². The van der Waals surface area contributed by atoms with E-state index in [1.54, 1.807) is 0 Å². The van der Waals surface area contributed by atoms with Crippen LogP contribution in [0.1, 0.15) is 12.8 Å². The van der Waals surface area contributed by atoms with Crippen molar-refractivity contribution in [1.29, 1.82) is 0 Å². The molecule has 6 nitrogen and oxygen atoms in total. The Balaban J connectivity index is 2.02. The van der Waals surface area contributed by atoms with Crippen molar-refractivity contribution in [2.45, 2.75) is 24.8 Å². The fraction of sp³-hybridized carbons (Fsp3) is 0.500. The van der Waals surface area contributed by atoms with E-state index in [0.29, 0.717) is 26.1 Å². The smallest absolute Gasteiger partial charge is 0.404 e. The Labute approximate surface area is 131 Å². The highest BCUT2D eigenvalue weighted by atomic mass is 19.4. The van der Waals surface area contributed by atoms with Crippen LogP contribution in [0.25, 0.3) is 0 Å². The van der Waals surface area contributed by atoms with Gasteiger partial charge in [0.05, 0.1) is 17.8 Å². The van der Waals surface area contributed by atoms with Gasteiger partial charge in [-0.15, -0.1) is 13.2 Å². The number of guanidine groups is 1. The number of benzene rings is 1. The van der Waals surface area contributed by atoms with Crippen LogP contribution in [0.3, 0.4) is 0 Å². The molecule has 1 aliphatic rings. The van der Waals surface area contributed by atoms with Crippen LogP contribution in [0.4, 0.5) is 18.9 Å². The fourth-order valence-electron chi connectivity index (χ4n) is 2.10. The van der Waals surface area contributed by atoms with Gasteiger partial charge in [-0.05, 0) is 12.1 Å². The van der Waals surface area contributed by atoms with Crippen molar-refractivity contribution in [3.63, 3.8) is 0 Å². The third-order valence-corrected chi connectivity index (χ3v) is 3.34. The largest absolute Gasteiger partial charge is 0.573 e. The third kappa shape index (κ3) is 5.61. The second-order valence-electron chi connectivity index (χ2n) is 5.21. The molecule has 4 N–H and O–H groups in total. The molecular formula is C14H18F3N3O3. The maximum atomic E-state index is 12.3. The summed E-state index contributed by atoms with van der Waals surface area (Å²) in [5, 5.41) is 12.8. The van der Waals surface area contributed by atoms with Gasteiger partial charge in [-0.3, -0.25) is 4.99 Å². The van der Waals surface area contributed by atoms with Crippen molar-refractivity contribution in [1.82, 2.24) is 0 Å². The molecule has 1 heterocycles. The Hall–Kier alpha value is -2.00. The third-order valence-electron chi connectivity index (χ3n) is 3.34. The standard InChI is InChI=1S/C14H18F3N3O3/c15-14(16,17)23-11-4-2-1-3-10(11)20-12(18)19-9-13(21)5-7-22-8-6-13/h1-4,21H,5-9H2,(H3,18,19,20). The molecule has 0 saturated carbocycles. The SMILES string of the molecule is NC(=NCC1(O)CCOCC1)Nc1ccccc1OC(F)(F)F. The highest BCUT2D eigenvalue weighted by Gasteiger charge is 2.32. The second-order valence-corrected chi connectivity index (χ2v) is 5.21. The molecule has 23 heavy (non-hydrogen) atoms. The molecule has 0 bridgehead atoms. The molecule has 1 saturated heterocycles. The molecule has 0 aromatic heterocycles. The number of nitrogens with zero attached hydrogens (tertiary/aromatic N) is 1. The number of anilines is 1. The number of ether oxygens (including phenoxy) is 2. The summed E-state index contributed by atoms with van der Waals surface area (Å²) in [5.74, 6) is -0.522. The molecule has 0 unspecified atom stereocenters. The van der Waals surface area contributed by atoms with Gasteiger partial charge in [-0.1, -0.05) is 12.1 Å². The van der Waals surface area contributed by atoms with Crippen LogP contribution in [-0.4, -0.2) is 42.8 Å². The summed E-state index contributed by atoms with van der Waals surface area (Å²) in [5.41, 5.74) is 4.70. The molecule has 1 aliphatic heterocycles. The van der Waals surface area contributed by atoms with Gasteiger partial charge in [0.1, 0.15) is 0 Å². The molecule has 2 rings (SSSR count). The fourth-order valence-corrected chi connectivity index (χ4v) is 2.10. The van der Waals surface area contributed by atoms with E-state index in [2.05, 4.69) is 15.0 Å². The van der Waals surface area contributed by atoms with Crippen molar-refractivity contribution >= 4 is 11.6 Å². The molecule has 0 atom stereocenters. The normalized spacial score (nSPS) is 18.5. The van der Waals surface area contributed by atoms with Gasteiger partial charge in [-0.2, -0.15) is 0 Å². The molecule has 1 aromatic carbocycles. The van der Waals surface area contributed by atoms with E-state index in [1.165, 1.54) is 18.2 Å². The Morgan fingerprint density at radius 3 is 2.65 bits per heavy atom. The van der Waals surface area contributed by atoms with Gasteiger partial charge in [0.15, 0.2) is 11.7 Å². The van der Waals surface area contributed by atoms with E-state index in [0.717, 1.165) is 6.07 Å². The summed E-state index contributed by atoms with van der Waals surface area (Å²) in [6.45, 7) is 0.903. The van der Waals surface area contributed by atoms with E-state index < -0.39 is 17.7 Å². The van der Waals surface area contributed by atoms with Gasteiger partial charge in [-0.25, -0.2) is 0 Å². The number of aliphatic imine (C=N–C) groups is 1. The highest BCUT2D eigenvalue weighted by Crippen LogP contribution is 2.29. The average Bonchev–Trinajstić information content (AvgIpc) is 2.47. The van der Waals surface area contributed by atoms with Gasteiger partial charge in [0.2, 0.25) is 0 Å². The van der Waals surface area contributed by atoms with Crippen molar-refractivity contribution in [2.24, 2.45) is 10.7 Å². The van der Waals surface area contributed by atoms with Crippen molar-refractivity contribution in [3.05, 3.63) is 24.3 Å². The summed E-state index contributed by atoms with van der Waals surface area (Å²) < 4.78 is 46.1. The molecule has 0 amide bonds. The second kappa shape index (κ2) is 7.05. The summed E-state index contributed by atoms with van der Waals surface area (Å²) >= 11 is 0. The summed E-state index contributed by atoms with van der Waals surface area (Å²) in [4.78, 5) is 3.99. The maximum Gasteiger partial charge on any atom is 0.573 e. The molecule has 1 aromatic rings. The molecule has 128 valence electrons. The van der Waals surface area contributed by atoms with Crippen molar-refractivity contribution < 1.29 is 27.8 Å². The van der Waals surface area contributed by atoms with E-state index in [4.69, 9.17) is 10.5 Å². The molecule has 1 fully saturated rings. The Morgan fingerprint density at radius 1 is 1.35 bits per heavy atom. The summed E-state index contributed by atoms with van der Waals surface area (Å²) in [6, 6.07) is 5.48. The maximum absolute atomic E-state index is 12.3. The van der Waals surface area contributed by atoms with Crippen LogP contribution >= 0.6 is 0 Å². The van der Waals surface area contributed by atoms with Crippen LogP contribution in [0.15, 0.2) is 29.3 Å². The monoisotopic (exact) mass is 333 g/mol. The first-order chi connectivity index (χ1) is 10.8. The summed E-state index contributed by atoms with van der Waals surface area (Å²) in [6.07, 6.45) is -3.95. The number of nitrogens with one attached hydrogen (secondary N) is 1. The number of alkyl halides is 3. The number of rotatable bonds is 4. The highest BCUT2D eigenvalue weighted by molar-refractivity contribution is 5.93. The van der Waals surface area contributed by atoms with Crippen LogP contribution in [-0.2, 0) is 4.74 Å². The lowest BCUT2D eigenvalue weighted by Gasteiger charge is -2.30. The zero-order valence-electron chi connectivity index (χ0n) is 12.3. The Bertz CT molecular complexity index is 558. The number of halogens is 3. The minimum Gasteiger partial charge on any atom is -0.404 e. The van der Waals surface area contributed by atoms with Crippen molar-refractivity contribution in [2.75, 3.05) is 25.1 Å². The first-order valence-electron chi connectivity index (χ1n) is 6.99. The zero-order valence-corrected chi connectivity index (χ0v) is 12.3. The number of nitrogens with two attached hydrogens (primary N) is 1. The van der Waals surface area contributed by atoms with Gasteiger partial charge in [0, 0.05) is 26.1 Å². The number of hydrogen-bond donors (Lipinski definition) is 3. The van der Waals surface area contributed by atoms with Crippen molar-refractivity contribution in [3.8, 4) is 5.75 Å². The van der Waals surface area contributed by atoms with Crippen LogP contribution < -0.4 is 15.8 Å². The average molecular weight is 333 g/mol. The first kappa shape index (κ1) is 17.4. The van der Waals surface area contributed by atoms with Crippen LogP contribution in [0.2, 0.25) is 0 Å². The number of aliphatic hydroxyl groups is 1. The van der Waals surface area contributed by atoms with Crippen LogP contribution in [0.5, 0.6) is 5.75 Å². The lowest BCUT2D eigenvalue weighted by atomic mass is 9.95. The predicted octanol–water partition coefficient (Wildman–Crippen LogP) is 1.85. The lowest BCUT2D eigenvalue weighted by molar-refractivity contribution is -0.274. The first-order valence-corrected chi connectivity index (χ1v) is 6.99.